The van der Waals surface area contributed by atoms with E-state index in [1.54, 1.807) is 0 Å². The van der Waals surface area contributed by atoms with Crippen molar-refractivity contribution in [2.24, 2.45) is 0 Å². The van der Waals surface area contributed by atoms with Crippen molar-refractivity contribution >= 4 is 17.9 Å². The molecule has 0 rings (SSSR count). The predicted octanol–water partition coefficient (Wildman–Crippen LogP) is 16.0. The molecule has 0 aromatic heterocycles. The molecular weight excluding hydrogens is 835 g/mol. The number of hydrogen-bond acceptors (Lipinski definition) is 3. The minimum Gasteiger partial charge on any atom is -0.481 e. The first-order chi connectivity index (χ1) is 26.3. The van der Waals surface area contributed by atoms with Gasteiger partial charge in [0.05, 0.1) is 0 Å². The number of carboxylic acid groups (broad SMARTS) is 3. The summed E-state index contributed by atoms with van der Waals surface area (Å²) < 4.78 is 0. The van der Waals surface area contributed by atoms with E-state index >= 15 is 0 Å². The van der Waals surface area contributed by atoms with Crippen molar-refractivity contribution in [1.29, 1.82) is 0 Å². The van der Waals surface area contributed by atoms with E-state index in [4.69, 9.17) is 15.3 Å². The molecule has 0 fully saturated rings. The second kappa shape index (κ2) is 57.2. The summed E-state index contributed by atoms with van der Waals surface area (Å²) in [5.74, 6) is -2.00. The molecule has 0 aliphatic rings. The molecule has 6 nitrogen and oxygen atoms in total. The minimum absolute atomic E-state index is 0. The topological polar surface area (TPSA) is 112 Å². The van der Waals surface area contributed by atoms with Crippen LogP contribution in [0.4, 0.5) is 0 Å². The third-order valence-corrected chi connectivity index (χ3v) is 9.46. The quantitative estimate of drug-likeness (QED) is 0.0418. The van der Waals surface area contributed by atoms with Crippen LogP contribution in [-0.4, -0.2) is 33.2 Å². The summed E-state index contributed by atoms with van der Waals surface area (Å²) >= 11 is 0. The van der Waals surface area contributed by atoms with Gasteiger partial charge in [0.15, 0.2) is 0 Å². The Kier molecular flexibility index (Phi) is 63.0. The molecule has 3 N–H and O–H groups in total. The Morgan fingerprint density at radius 3 is 0.636 bits per heavy atom. The maximum atomic E-state index is 10.3. The van der Waals surface area contributed by atoms with E-state index < -0.39 is 17.9 Å². The first-order valence-electron chi connectivity index (χ1n) is 22.9. The molecule has 0 aliphatic carbocycles. The SMILES string of the molecule is CCCCCC/C=C\CCCCCCCC(=O)O.CCCCCC/C=C\CCCCCCCC(=O)O.CCCCCC/C=C\CCCCCCCC(=O)O.[Dy]. The Bertz CT molecular complexity index is 744. The van der Waals surface area contributed by atoms with Crippen molar-refractivity contribution in [2.45, 2.75) is 252 Å². The number of carboxylic acids is 3. The zero-order chi connectivity index (χ0) is 40.4. The second-order valence-corrected chi connectivity index (χ2v) is 15.1. The normalized spacial score (nSPS) is 11.0. The number of aliphatic carboxylic acids is 3. The molecule has 55 heavy (non-hydrogen) atoms. The molecule has 0 atom stereocenters. The standard InChI is InChI=1S/3C16H30O2.Dy/c3*1-2-3-4-5-6-7-8-9-10-11-12-13-14-15-16(17)18;/h3*7-8H,2-6,9-15H2,1H3,(H,17,18);/b3*8-7-;. The van der Waals surface area contributed by atoms with Gasteiger partial charge in [-0.3, -0.25) is 14.4 Å². The van der Waals surface area contributed by atoms with Crippen LogP contribution in [-0.2, 0) is 14.4 Å². The number of rotatable bonds is 39. The fourth-order valence-electron chi connectivity index (χ4n) is 5.98. The van der Waals surface area contributed by atoms with Gasteiger partial charge in [0.1, 0.15) is 0 Å². The van der Waals surface area contributed by atoms with Crippen LogP contribution in [0.2, 0.25) is 0 Å². The average Bonchev–Trinajstić information content (AvgIpc) is 3.14. The van der Waals surface area contributed by atoms with Crippen LogP contribution in [0.15, 0.2) is 36.5 Å². The first-order valence-corrected chi connectivity index (χ1v) is 22.9. The molecule has 328 valence electrons. The van der Waals surface area contributed by atoms with E-state index in [2.05, 4.69) is 57.2 Å². The maximum absolute atomic E-state index is 10.3. The summed E-state index contributed by atoms with van der Waals surface area (Å²) in [5, 5.41) is 25.4. The van der Waals surface area contributed by atoms with Gasteiger partial charge in [-0.2, -0.15) is 0 Å². The van der Waals surface area contributed by atoms with E-state index in [-0.39, 0.29) is 38.2 Å². The second-order valence-electron chi connectivity index (χ2n) is 15.1. The summed E-state index contributed by atoms with van der Waals surface area (Å²) in [7, 11) is 0. The number of hydrogen-bond donors (Lipinski definition) is 3. The Hall–Kier alpha value is -1.10. The van der Waals surface area contributed by atoms with Crippen LogP contribution in [0, 0.1) is 38.2 Å². The van der Waals surface area contributed by atoms with Crippen molar-refractivity contribution in [1.82, 2.24) is 0 Å². The summed E-state index contributed by atoms with van der Waals surface area (Å²) in [4.78, 5) is 30.9. The van der Waals surface area contributed by atoms with E-state index in [1.165, 1.54) is 173 Å². The zero-order valence-corrected chi connectivity index (χ0v) is 38.3. The average molecular weight is 926 g/mol. The van der Waals surface area contributed by atoms with Crippen molar-refractivity contribution in [3.05, 3.63) is 36.5 Å². The van der Waals surface area contributed by atoms with Gasteiger partial charge in [-0.25, -0.2) is 0 Å². The van der Waals surface area contributed by atoms with Gasteiger partial charge in [0.25, 0.3) is 0 Å². The Morgan fingerprint density at radius 1 is 0.291 bits per heavy atom. The van der Waals surface area contributed by atoms with Gasteiger partial charge in [-0.15, -0.1) is 0 Å². The molecule has 0 spiro atoms. The largest absolute Gasteiger partial charge is 0.481 e. The van der Waals surface area contributed by atoms with E-state index in [0.717, 1.165) is 38.5 Å². The predicted molar refractivity (Wildman–Crippen MR) is 234 cm³/mol. The molecule has 0 bridgehead atoms. The third-order valence-electron chi connectivity index (χ3n) is 9.46. The molecule has 0 radical (unpaired) electrons. The molecule has 0 saturated heterocycles. The summed E-state index contributed by atoms with van der Waals surface area (Å²) in [5.41, 5.74) is 0. The van der Waals surface area contributed by atoms with Gasteiger partial charge in [-0.05, 0) is 96.3 Å². The molecular formula is C48H90DyO6. The van der Waals surface area contributed by atoms with Crippen LogP contribution in [0.25, 0.3) is 0 Å². The van der Waals surface area contributed by atoms with Gasteiger partial charge in [0.2, 0.25) is 0 Å². The van der Waals surface area contributed by atoms with Crippen LogP contribution >= 0.6 is 0 Å². The first kappa shape index (κ1) is 60.6. The molecule has 0 unspecified atom stereocenters. The van der Waals surface area contributed by atoms with E-state index in [9.17, 15) is 14.4 Å². The van der Waals surface area contributed by atoms with E-state index in [1.807, 2.05) is 0 Å². The Labute approximate surface area is 371 Å². The van der Waals surface area contributed by atoms with Gasteiger partial charge in [-0.1, -0.05) is 173 Å². The summed E-state index contributed by atoms with van der Waals surface area (Å²) in [6, 6.07) is 0. The number of carbonyl (C=O) groups is 3. The van der Waals surface area contributed by atoms with Crippen molar-refractivity contribution < 1.29 is 67.9 Å². The molecule has 0 aliphatic heterocycles. The third kappa shape index (κ3) is 71.1. The van der Waals surface area contributed by atoms with Crippen molar-refractivity contribution in [3.8, 4) is 0 Å². The smallest absolute Gasteiger partial charge is 0.303 e. The molecule has 0 amide bonds. The monoisotopic (exact) mass is 927 g/mol. The van der Waals surface area contributed by atoms with Crippen LogP contribution in [0.3, 0.4) is 0 Å². The van der Waals surface area contributed by atoms with Gasteiger partial charge in [0, 0.05) is 57.4 Å². The molecule has 0 heterocycles. The molecule has 0 aromatic rings. The fourth-order valence-corrected chi connectivity index (χ4v) is 5.98. The minimum atomic E-state index is -0.666. The van der Waals surface area contributed by atoms with Crippen LogP contribution in [0.5, 0.6) is 0 Å². The molecule has 7 heteroatoms. The van der Waals surface area contributed by atoms with Gasteiger partial charge < -0.3 is 15.3 Å². The number of allylic oxidation sites excluding steroid dienone is 6. The van der Waals surface area contributed by atoms with Crippen molar-refractivity contribution in [2.75, 3.05) is 0 Å². The Balaban J connectivity index is -0.000000351. The Morgan fingerprint density at radius 2 is 0.455 bits per heavy atom. The summed E-state index contributed by atoms with van der Waals surface area (Å²) in [6.07, 6.45) is 55.0. The fraction of sp³-hybridized carbons (Fsp3) is 0.812. The molecule has 0 aromatic carbocycles. The number of unbranched alkanes of at least 4 members (excludes halogenated alkanes) is 27. The van der Waals surface area contributed by atoms with E-state index in [0.29, 0.717) is 19.3 Å². The van der Waals surface area contributed by atoms with Crippen LogP contribution < -0.4 is 0 Å². The maximum Gasteiger partial charge on any atom is 0.303 e. The van der Waals surface area contributed by atoms with Crippen LogP contribution in [0.1, 0.15) is 252 Å². The summed E-state index contributed by atoms with van der Waals surface area (Å²) in [6.45, 7) is 6.73. The molecule has 0 saturated carbocycles. The zero-order valence-electron chi connectivity index (χ0n) is 36.3. The van der Waals surface area contributed by atoms with Crippen molar-refractivity contribution in [3.63, 3.8) is 0 Å². The van der Waals surface area contributed by atoms with Gasteiger partial charge >= 0.3 is 17.9 Å².